The smallest absolute Gasteiger partial charge is 0.0543 e. The highest BCUT2D eigenvalue weighted by Crippen LogP contribution is 2.68. The monoisotopic (exact) mass is 400 g/mol. The van der Waals surface area contributed by atoms with E-state index >= 15 is 0 Å². The first-order chi connectivity index (χ1) is 13.7. The first-order valence-electron chi connectivity index (χ1n) is 13.0. The molecule has 4 aliphatic rings. The fourth-order valence-electron chi connectivity index (χ4n) is 9.11. The SMILES string of the molecule is C=C(CC[C@@H](C)[C@H]1CC[C@@H]2[C@H]3CC[C@H]4C[C@@H](O)CC[C@]4(C)[C@H]3CC[C@@]21C)C(C)C. The average Bonchev–Trinajstić information content (AvgIpc) is 3.03. The largest absolute Gasteiger partial charge is 0.393 e. The number of hydrogen-bond donors (Lipinski definition) is 1. The summed E-state index contributed by atoms with van der Waals surface area (Å²) in [6.45, 7) is 16.8. The molecular formula is C28H48O. The number of aliphatic hydroxyl groups excluding tert-OH is 1. The molecule has 0 aromatic heterocycles. The Hall–Kier alpha value is -0.300. The van der Waals surface area contributed by atoms with E-state index in [1.54, 1.807) is 0 Å². The van der Waals surface area contributed by atoms with E-state index in [4.69, 9.17) is 0 Å². The lowest BCUT2D eigenvalue weighted by Gasteiger charge is -2.61. The van der Waals surface area contributed by atoms with Gasteiger partial charge in [-0.2, -0.15) is 0 Å². The van der Waals surface area contributed by atoms with E-state index < -0.39 is 0 Å². The maximum Gasteiger partial charge on any atom is 0.0543 e. The molecule has 0 aromatic rings. The van der Waals surface area contributed by atoms with Crippen LogP contribution in [0.25, 0.3) is 0 Å². The fraction of sp³-hybridized carbons (Fsp3) is 0.929. The second-order valence-electron chi connectivity index (χ2n) is 12.6. The Kier molecular flexibility index (Phi) is 6.04. The van der Waals surface area contributed by atoms with Crippen LogP contribution in [0.1, 0.15) is 105 Å². The second kappa shape index (κ2) is 7.99. The Bertz CT molecular complexity index is 607. The van der Waals surface area contributed by atoms with E-state index in [2.05, 4.69) is 41.2 Å². The maximum absolute atomic E-state index is 10.3. The third-order valence-corrected chi connectivity index (χ3v) is 11.1. The Morgan fingerprint density at radius 1 is 0.931 bits per heavy atom. The summed E-state index contributed by atoms with van der Waals surface area (Å²) >= 11 is 0. The van der Waals surface area contributed by atoms with Gasteiger partial charge >= 0.3 is 0 Å². The summed E-state index contributed by atoms with van der Waals surface area (Å²) in [6, 6.07) is 0. The van der Waals surface area contributed by atoms with Crippen molar-refractivity contribution in [2.75, 3.05) is 0 Å². The molecule has 4 saturated carbocycles. The highest BCUT2D eigenvalue weighted by molar-refractivity contribution is 5.10. The van der Waals surface area contributed by atoms with Crippen molar-refractivity contribution in [3.05, 3.63) is 12.2 Å². The first-order valence-corrected chi connectivity index (χ1v) is 13.0. The zero-order valence-corrected chi connectivity index (χ0v) is 20.1. The third-order valence-electron chi connectivity index (χ3n) is 11.1. The van der Waals surface area contributed by atoms with E-state index in [1.807, 2.05) is 0 Å². The van der Waals surface area contributed by atoms with Crippen LogP contribution >= 0.6 is 0 Å². The van der Waals surface area contributed by atoms with E-state index in [0.717, 1.165) is 48.3 Å². The molecule has 0 aromatic carbocycles. The average molecular weight is 401 g/mol. The lowest BCUT2D eigenvalue weighted by Crippen LogP contribution is -2.54. The van der Waals surface area contributed by atoms with Crippen molar-refractivity contribution in [2.24, 2.45) is 52.3 Å². The van der Waals surface area contributed by atoms with Crippen LogP contribution in [-0.2, 0) is 0 Å². The second-order valence-corrected chi connectivity index (χ2v) is 12.6. The molecule has 0 unspecified atom stereocenters. The zero-order chi connectivity index (χ0) is 21.0. The van der Waals surface area contributed by atoms with Crippen LogP contribution < -0.4 is 0 Å². The Morgan fingerprint density at radius 3 is 2.34 bits per heavy atom. The van der Waals surface area contributed by atoms with Crippen LogP contribution in [0.5, 0.6) is 0 Å². The minimum Gasteiger partial charge on any atom is -0.393 e. The van der Waals surface area contributed by atoms with Gasteiger partial charge in [-0.15, -0.1) is 0 Å². The molecule has 1 N–H and O–H groups in total. The molecule has 1 heteroatoms. The van der Waals surface area contributed by atoms with Gasteiger partial charge in [-0.05, 0) is 123 Å². The van der Waals surface area contributed by atoms with Gasteiger partial charge in [-0.1, -0.05) is 46.8 Å². The molecular weight excluding hydrogens is 352 g/mol. The van der Waals surface area contributed by atoms with Crippen LogP contribution in [0, 0.1) is 52.3 Å². The zero-order valence-electron chi connectivity index (χ0n) is 20.1. The summed E-state index contributed by atoms with van der Waals surface area (Å²) in [5.74, 6) is 6.05. The molecule has 0 radical (unpaired) electrons. The topological polar surface area (TPSA) is 20.2 Å². The molecule has 0 heterocycles. The molecule has 0 spiro atoms. The molecule has 0 bridgehead atoms. The summed E-state index contributed by atoms with van der Waals surface area (Å²) in [6.07, 6.45) is 14.7. The van der Waals surface area contributed by atoms with Gasteiger partial charge in [-0.3, -0.25) is 0 Å². The molecule has 0 saturated heterocycles. The number of rotatable bonds is 5. The first kappa shape index (κ1) is 21.9. The minimum atomic E-state index is -0.0178. The lowest BCUT2D eigenvalue weighted by atomic mass is 9.44. The van der Waals surface area contributed by atoms with Gasteiger partial charge in [0.2, 0.25) is 0 Å². The van der Waals surface area contributed by atoms with Gasteiger partial charge in [-0.25, -0.2) is 0 Å². The summed E-state index contributed by atoms with van der Waals surface area (Å²) in [5.41, 5.74) is 2.55. The highest BCUT2D eigenvalue weighted by Gasteiger charge is 2.60. The molecule has 9 atom stereocenters. The summed E-state index contributed by atoms with van der Waals surface area (Å²) in [5, 5.41) is 10.3. The van der Waals surface area contributed by atoms with E-state index in [9.17, 15) is 5.11 Å². The predicted octanol–water partition coefficient (Wildman–Crippen LogP) is 7.63. The fourth-order valence-corrected chi connectivity index (χ4v) is 9.11. The normalized spacial score (nSPS) is 48.0. The van der Waals surface area contributed by atoms with Crippen LogP contribution in [0.4, 0.5) is 0 Å². The maximum atomic E-state index is 10.3. The van der Waals surface area contributed by atoms with Crippen LogP contribution in [0.3, 0.4) is 0 Å². The molecule has 4 rings (SSSR count). The van der Waals surface area contributed by atoms with Crippen molar-refractivity contribution < 1.29 is 5.11 Å². The van der Waals surface area contributed by atoms with Gasteiger partial charge in [0.25, 0.3) is 0 Å². The minimum absolute atomic E-state index is 0.0178. The van der Waals surface area contributed by atoms with Gasteiger partial charge in [0.15, 0.2) is 0 Å². The molecule has 4 aliphatic carbocycles. The molecule has 1 nitrogen and oxygen atoms in total. The standard InChI is InChI=1S/C28H48O/c1-18(2)19(3)7-8-20(4)24-11-12-25-23-10-9-21-17-22(29)13-15-27(21,5)26(23)14-16-28(24,25)6/h18,20-26,29H,3,7-17H2,1-2,4-6H3/t20-,21+,22+,23-,24-,25-,26+,27+,28-/m1/s1. The summed E-state index contributed by atoms with van der Waals surface area (Å²) in [7, 11) is 0. The van der Waals surface area contributed by atoms with E-state index in [-0.39, 0.29) is 6.10 Å². The Balaban J connectivity index is 1.46. The van der Waals surface area contributed by atoms with Crippen molar-refractivity contribution >= 4 is 0 Å². The number of aliphatic hydroxyl groups is 1. The number of hydrogen-bond acceptors (Lipinski definition) is 1. The van der Waals surface area contributed by atoms with Crippen molar-refractivity contribution in [3.8, 4) is 0 Å². The van der Waals surface area contributed by atoms with Gasteiger partial charge in [0, 0.05) is 0 Å². The Morgan fingerprint density at radius 2 is 1.62 bits per heavy atom. The number of allylic oxidation sites excluding steroid dienone is 1. The molecule has 29 heavy (non-hydrogen) atoms. The van der Waals surface area contributed by atoms with E-state index in [0.29, 0.717) is 16.7 Å². The van der Waals surface area contributed by atoms with Gasteiger partial charge in [0.05, 0.1) is 6.10 Å². The number of fused-ring (bicyclic) bond motifs is 5. The van der Waals surface area contributed by atoms with Crippen LogP contribution in [-0.4, -0.2) is 11.2 Å². The van der Waals surface area contributed by atoms with Crippen LogP contribution in [0.15, 0.2) is 12.2 Å². The molecule has 0 aliphatic heterocycles. The van der Waals surface area contributed by atoms with E-state index in [1.165, 1.54) is 63.4 Å². The predicted molar refractivity (Wildman–Crippen MR) is 124 cm³/mol. The highest BCUT2D eigenvalue weighted by atomic mass is 16.3. The summed E-state index contributed by atoms with van der Waals surface area (Å²) in [4.78, 5) is 0. The summed E-state index contributed by atoms with van der Waals surface area (Å²) < 4.78 is 0. The molecule has 166 valence electrons. The van der Waals surface area contributed by atoms with Crippen molar-refractivity contribution in [1.29, 1.82) is 0 Å². The molecule has 4 fully saturated rings. The Labute approximate surface area is 181 Å². The van der Waals surface area contributed by atoms with Gasteiger partial charge in [0.1, 0.15) is 0 Å². The third kappa shape index (κ3) is 3.66. The van der Waals surface area contributed by atoms with Gasteiger partial charge < -0.3 is 5.11 Å². The molecule has 0 amide bonds. The quantitative estimate of drug-likeness (QED) is 0.470. The van der Waals surface area contributed by atoms with Crippen molar-refractivity contribution in [3.63, 3.8) is 0 Å². The van der Waals surface area contributed by atoms with Crippen molar-refractivity contribution in [2.45, 2.75) is 111 Å². The van der Waals surface area contributed by atoms with Crippen LogP contribution in [0.2, 0.25) is 0 Å². The van der Waals surface area contributed by atoms with Crippen molar-refractivity contribution in [1.82, 2.24) is 0 Å². The lowest BCUT2D eigenvalue weighted by molar-refractivity contribution is -0.129.